The van der Waals surface area contributed by atoms with Gasteiger partial charge in [0.2, 0.25) is 0 Å². The quantitative estimate of drug-likeness (QED) is 0.205. The van der Waals surface area contributed by atoms with Gasteiger partial charge in [0, 0.05) is 18.1 Å². The summed E-state index contributed by atoms with van der Waals surface area (Å²) < 4.78 is 10.7. The molecular weight excluding hydrogens is 428 g/mol. The molecule has 3 aromatic carbocycles. The van der Waals surface area contributed by atoms with Gasteiger partial charge < -0.3 is 14.6 Å². The molecule has 0 bridgehead atoms. The highest BCUT2D eigenvalue weighted by Crippen LogP contribution is 2.38. The van der Waals surface area contributed by atoms with Crippen molar-refractivity contribution >= 4 is 11.9 Å². The lowest BCUT2D eigenvalue weighted by atomic mass is 9.82. The number of aryl methyl sites for hydroxylation is 4. The molecule has 0 aromatic heterocycles. The van der Waals surface area contributed by atoms with Crippen molar-refractivity contribution in [1.82, 2.24) is 0 Å². The first-order chi connectivity index (χ1) is 16.1. The van der Waals surface area contributed by atoms with E-state index in [0.717, 1.165) is 51.1 Å². The van der Waals surface area contributed by atoms with Crippen LogP contribution in [0.2, 0.25) is 0 Å². The summed E-state index contributed by atoms with van der Waals surface area (Å²) in [7, 11) is 0. The van der Waals surface area contributed by atoms with Crippen molar-refractivity contribution in [3.05, 3.63) is 113 Å². The maximum Gasteiger partial charge on any atom is 0.335 e. The van der Waals surface area contributed by atoms with E-state index in [1.54, 1.807) is 12.1 Å². The molecule has 0 amide bonds. The fourth-order valence-electron chi connectivity index (χ4n) is 4.07. The topological polar surface area (TPSA) is 72.8 Å². The van der Waals surface area contributed by atoms with Crippen molar-refractivity contribution in [3.8, 4) is 17.2 Å². The van der Waals surface area contributed by atoms with E-state index in [4.69, 9.17) is 9.47 Å². The summed E-state index contributed by atoms with van der Waals surface area (Å²) in [5, 5.41) is 10.3. The van der Waals surface area contributed by atoms with Crippen LogP contribution in [0.3, 0.4) is 0 Å². The second-order valence-electron chi connectivity index (χ2n) is 8.24. The summed E-state index contributed by atoms with van der Waals surface area (Å²) in [5.74, 6) is -0.00597. The number of phenols is 1. The highest BCUT2D eigenvalue weighted by molar-refractivity contribution is 5.84. The van der Waals surface area contributed by atoms with Gasteiger partial charge in [-0.1, -0.05) is 49.6 Å². The lowest BCUT2D eigenvalue weighted by Crippen LogP contribution is -2.09. The summed E-state index contributed by atoms with van der Waals surface area (Å²) in [4.78, 5) is 23.3. The number of rotatable bonds is 7. The van der Waals surface area contributed by atoms with Gasteiger partial charge in [0.25, 0.3) is 0 Å². The Bertz CT molecular complexity index is 1220. The molecule has 3 aromatic rings. The van der Waals surface area contributed by atoms with E-state index in [1.165, 1.54) is 0 Å². The van der Waals surface area contributed by atoms with Crippen LogP contribution in [-0.4, -0.2) is 17.0 Å². The predicted octanol–water partition coefficient (Wildman–Crippen LogP) is 5.99. The van der Waals surface area contributed by atoms with Crippen LogP contribution in [-0.2, 0) is 9.59 Å². The first kappa shape index (κ1) is 24.5. The molecule has 0 fully saturated rings. The van der Waals surface area contributed by atoms with Crippen LogP contribution in [0.4, 0.5) is 0 Å². The fraction of sp³-hybridized carbons (Fsp3) is 0.172. The number of benzene rings is 3. The monoisotopic (exact) mass is 456 g/mol. The van der Waals surface area contributed by atoms with E-state index < -0.39 is 11.9 Å². The van der Waals surface area contributed by atoms with Crippen molar-refractivity contribution in [2.24, 2.45) is 0 Å². The Morgan fingerprint density at radius 3 is 1.65 bits per heavy atom. The number of aromatic hydroxyl groups is 1. The molecule has 0 saturated carbocycles. The minimum Gasteiger partial charge on any atom is -0.507 e. The van der Waals surface area contributed by atoms with Crippen molar-refractivity contribution in [2.75, 3.05) is 0 Å². The lowest BCUT2D eigenvalue weighted by Gasteiger charge is -2.23. The van der Waals surface area contributed by atoms with Gasteiger partial charge in [0.1, 0.15) is 17.2 Å². The number of hydrogen-bond acceptors (Lipinski definition) is 5. The van der Waals surface area contributed by atoms with Crippen molar-refractivity contribution in [2.45, 2.75) is 33.6 Å². The number of carbonyl (C=O) groups is 2. The average Bonchev–Trinajstić information content (AvgIpc) is 2.80. The Hall–Kier alpha value is -4.12. The second kappa shape index (κ2) is 10.2. The van der Waals surface area contributed by atoms with Gasteiger partial charge in [-0.2, -0.15) is 0 Å². The van der Waals surface area contributed by atoms with Crippen LogP contribution in [0, 0.1) is 27.7 Å². The van der Waals surface area contributed by atoms with Gasteiger partial charge in [0.05, 0.1) is 0 Å². The molecule has 0 heterocycles. The molecule has 1 N–H and O–H groups in total. The number of esters is 2. The zero-order chi connectivity index (χ0) is 25.0. The molecule has 1 unspecified atom stereocenters. The normalized spacial score (nSPS) is 11.4. The molecule has 0 saturated heterocycles. The van der Waals surface area contributed by atoms with E-state index in [9.17, 15) is 14.7 Å². The zero-order valence-electron chi connectivity index (χ0n) is 19.8. The Balaban J connectivity index is 2.15. The first-order valence-electron chi connectivity index (χ1n) is 10.8. The molecule has 0 aliphatic rings. The predicted molar refractivity (Wildman–Crippen MR) is 133 cm³/mol. The SMILES string of the molecule is C=CC(=O)Oc1ccc(C(c2cc(C)c(O)c(C)c2)c2cc(C)c(OC(=O)C=C)c(C)c2)cc1. The molecule has 0 aliphatic heterocycles. The van der Waals surface area contributed by atoms with Gasteiger partial charge in [-0.15, -0.1) is 0 Å². The molecule has 1 atom stereocenters. The maximum absolute atomic E-state index is 11.8. The van der Waals surface area contributed by atoms with Crippen molar-refractivity contribution in [3.63, 3.8) is 0 Å². The van der Waals surface area contributed by atoms with Crippen LogP contribution in [0.5, 0.6) is 17.2 Å². The summed E-state index contributed by atoms with van der Waals surface area (Å²) in [5.41, 5.74) is 6.16. The molecule has 34 heavy (non-hydrogen) atoms. The Morgan fingerprint density at radius 1 is 0.735 bits per heavy atom. The van der Waals surface area contributed by atoms with Gasteiger partial charge in [0.15, 0.2) is 0 Å². The summed E-state index contributed by atoms with van der Waals surface area (Å²) in [6, 6.07) is 15.2. The minimum absolute atomic E-state index is 0.177. The van der Waals surface area contributed by atoms with Crippen LogP contribution >= 0.6 is 0 Å². The molecule has 3 rings (SSSR count). The van der Waals surface area contributed by atoms with E-state index in [2.05, 4.69) is 13.2 Å². The van der Waals surface area contributed by atoms with Crippen LogP contribution in [0.15, 0.2) is 73.8 Å². The standard InChI is InChI=1S/C29H28O5/c1-7-25(30)33-24-11-9-21(10-12-24)27(22-13-17(3)28(32)18(4)14-22)23-15-19(5)29(20(6)16-23)34-26(31)8-2/h7-16,27,32H,1-2H2,3-6H3. The number of hydrogen-bond donors (Lipinski definition) is 1. The van der Waals surface area contributed by atoms with Crippen LogP contribution in [0.1, 0.15) is 44.9 Å². The number of carbonyl (C=O) groups excluding carboxylic acids is 2. The molecular formula is C29H28O5. The molecule has 5 nitrogen and oxygen atoms in total. The van der Waals surface area contributed by atoms with E-state index in [0.29, 0.717) is 11.5 Å². The lowest BCUT2D eigenvalue weighted by molar-refractivity contribution is -0.129. The van der Waals surface area contributed by atoms with Crippen molar-refractivity contribution in [1.29, 1.82) is 0 Å². The maximum atomic E-state index is 11.8. The molecule has 0 radical (unpaired) electrons. The molecule has 174 valence electrons. The average molecular weight is 457 g/mol. The number of ether oxygens (including phenoxy) is 2. The Kier molecular flexibility index (Phi) is 7.37. The third-order valence-corrected chi connectivity index (χ3v) is 5.63. The Morgan fingerprint density at radius 2 is 1.18 bits per heavy atom. The van der Waals surface area contributed by atoms with Gasteiger partial charge in [-0.3, -0.25) is 0 Å². The third kappa shape index (κ3) is 5.26. The van der Waals surface area contributed by atoms with E-state index in [-0.39, 0.29) is 11.7 Å². The third-order valence-electron chi connectivity index (χ3n) is 5.63. The minimum atomic E-state index is -0.523. The molecule has 0 spiro atoms. The Labute approximate surface area is 200 Å². The second-order valence-corrected chi connectivity index (χ2v) is 8.24. The van der Waals surface area contributed by atoms with Gasteiger partial charge in [-0.05, 0) is 78.8 Å². The van der Waals surface area contributed by atoms with Crippen molar-refractivity contribution < 1.29 is 24.2 Å². The highest BCUT2D eigenvalue weighted by Gasteiger charge is 2.21. The van der Waals surface area contributed by atoms with E-state index in [1.807, 2.05) is 64.1 Å². The molecule has 5 heteroatoms. The zero-order valence-corrected chi connectivity index (χ0v) is 19.8. The van der Waals surface area contributed by atoms with E-state index >= 15 is 0 Å². The summed E-state index contributed by atoms with van der Waals surface area (Å²) in [6.07, 6.45) is 2.25. The highest BCUT2D eigenvalue weighted by atomic mass is 16.5. The fourth-order valence-corrected chi connectivity index (χ4v) is 4.07. The van der Waals surface area contributed by atoms with Gasteiger partial charge in [-0.25, -0.2) is 9.59 Å². The summed E-state index contributed by atoms with van der Waals surface area (Å²) in [6.45, 7) is 14.4. The number of phenolic OH excluding ortho intramolecular Hbond substituents is 1. The first-order valence-corrected chi connectivity index (χ1v) is 10.8. The largest absolute Gasteiger partial charge is 0.507 e. The molecule has 0 aliphatic carbocycles. The van der Waals surface area contributed by atoms with Crippen LogP contribution in [0.25, 0.3) is 0 Å². The van der Waals surface area contributed by atoms with Crippen LogP contribution < -0.4 is 9.47 Å². The summed E-state index contributed by atoms with van der Waals surface area (Å²) >= 11 is 0. The smallest absolute Gasteiger partial charge is 0.335 e. The van der Waals surface area contributed by atoms with Gasteiger partial charge >= 0.3 is 11.9 Å².